The lowest BCUT2D eigenvalue weighted by Gasteiger charge is -2.26. The van der Waals surface area contributed by atoms with Crippen LogP contribution in [0.1, 0.15) is 43.0 Å². The van der Waals surface area contributed by atoms with Gasteiger partial charge < -0.3 is 15.5 Å². The summed E-state index contributed by atoms with van der Waals surface area (Å²) in [5.74, 6) is 0.868. The van der Waals surface area contributed by atoms with E-state index in [1.165, 1.54) is 0 Å². The normalized spacial score (nSPS) is 10.8. The molecule has 0 fully saturated rings. The molecule has 5 heteroatoms. The van der Waals surface area contributed by atoms with Crippen LogP contribution in [-0.2, 0) is 0 Å². The van der Waals surface area contributed by atoms with Gasteiger partial charge in [-0.15, -0.1) is 12.4 Å². The summed E-state index contributed by atoms with van der Waals surface area (Å²) in [6, 6.07) is 3.44. The second-order valence-electron chi connectivity index (χ2n) is 4.16. The fourth-order valence-electron chi connectivity index (χ4n) is 1.40. The van der Waals surface area contributed by atoms with E-state index in [0.717, 1.165) is 18.6 Å². The van der Waals surface area contributed by atoms with Gasteiger partial charge in [0.15, 0.2) is 5.76 Å². The Morgan fingerprint density at radius 3 is 2.41 bits per heavy atom. The quantitative estimate of drug-likeness (QED) is 0.853. The van der Waals surface area contributed by atoms with Gasteiger partial charge in [0.1, 0.15) is 5.76 Å². The van der Waals surface area contributed by atoms with Gasteiger partial charge in [-0.1, -0.05) is 13.8 Å². The van der Waals surface area contributed by atoms with Gasteiger partial charge in [0, 0.05) is 12.1 Å². The maximum atomic E-state index is 11.7. The van der Waals surface area contributed by atoms with Gasteiger partial charge in [0.2, 0.25) is 0 Å². The number of aryl methyl sites for hydroxylation is 1. The molecule has 0 radical (unpaired) electrons. The monoisotopic (exact) mass is 260 g/mol. The summed E-state index contributed by atoms with van der Waals surface area (Å²) in [5.41, 5.74) is 5.76. The minimum atomic E-state index is -0.322. The van der Waals surface area contributed by atoms with Crippen molar-refractivity contribution in [1.29, 1.82) is 0 Å². The molecule has 0 bridgehead atoms. The highest BCUT2D eigenvalue weighted by Crippen LogP contribution is 2.10. The predicted molar refractivity (Wildman–Crippen MR) is 70.5 cm³/mol. The van der Waals surface area contributed by atoms with Crippen molar-refractivity contribution in [2.24, 2.45) is 5.73 Å². The molecule has 1 rings (SSSR count). The van der Waals surface area contributed by atoms with E-state index in [1.54, 1.807) is 12.1 Å². The molecule has 98 valence electrons. The Morgan fingerprint density at radius 1 is 1.41 bits per heavy atom. The average Bonchev–Trinajstić information content (AvgIpc) is 2.72. The summed E-state index contributed by atoms with van der Waals surface area (Å²) in [6.07, 6.45) is 1.67. The number of hydrogen-bond donors (Lipinski definition) is 2. The highest BCUT2D eigenvalue weighted by atomic mass is 35.5. The number of rotatable bonds is 5. The standard InChI is InChI=1S/C12H20N2O2.ClH/c1-4-12(13,5-2)8-14-11(15)10-7-6-9(3)16-10;/h6-7H,4-5,8,13H2,1-3H3,(H,14,15);1H. The van der Waals surface area contributed by atoms with E-state index in [2.05, 4.69) is 5.32 Å². The molecule has 0 aliphatic carbocycles. The molecule has 3 N–H and O–H groups in total. The number of halogens is 1. The lowest BCUT2D eigenvalue weighted by molar-refractivity contribution is 0.0913. The molecule has 4 nitrogen and oxygen atoms in total. The van der Waals surface area contributed by atoms with Crippen molar-refractivity contribution in [2.75, 3.05) is 6.54 Å². The third kappa shape index (κ3) is 4.40. The van der Waals surface area contributed by atoms with Crippen molar-refractivity contribution in [3.05, 3.63) is 23.7 Å². The van der Waals surface area contributed by atoms with Crippen LogP contribution >= 0.6 is 12.4 Å². The Labute approximate surface area is 108 Å². The second kappa shape index (κ2) is 6.67. The minimum Gasteiger partial charge on any atom is -0.456 e. The number of carbonyl (C=O) groups excluding carboxylic acids is 1. The van der Waals surface area contributed by atoms with E-state index < -0.39 is 0 Å². The number of nitrogens with two attached hydrogens (primary N) is 1. The van der Waals surface area contributed by atoms with Crippen molar-refractivity contribution < 1.29 is 9.21 Å². The number of hydrogen-bond acceptors (Lipinski definition) is 3. The van der Waals surface area contributed by atoms with Crippen LogP contribution < -0.4 is 11.1 Å². The van der Waals surface area contributed by atoms with Crippen LogP contribution in [0.2, 0.25) is 0 Å². The lowest BCUT2D eigenvalue weighted by atomic mass is 9.94. The van der Waals surface area contributed by atoms with Gasteiger partial charge in [-0.05, 0) is 31.9 Å². The zero-order chi connectivity index (χ0) is 12.2. The van der Waals surface area contributed by atoms with E-state index in [4.69, 9.17) is 10.2 Å². The molecular formula is C12H21ClN2O2. The zero-order valence-corrected chi connectivity index (χ0v) is 11.4. The molecule has 0 atom stereocenters. The van der Waals surface area contributed by atoms with Crippen LogP contribution in [-0.4, -0.2) is 18.0 Å². The van der Waals surface area contributed by atoms with Crippen LogP contribution in [0, 0.1) is 6.92 Å². The van der Waals surface area contributed by atoms with E-state index in [1.807, 2.05) is 20.8 Å². The zero-order valence-electron chi connectivity index (χ0n) is 10.6. The van der Waals surface area contributed by atoms with Crippen molar-refractivity contribution in [3.63, 3.8) is 0 Å². The smallest absolute Gasteiger partial charge is 0.287 e. The maximum absolute atomic E-state index is 11.7. The molecule has 0 aliphatic rings. The molecule has 1 amide bonds. The fraction of sp³-hybridized carbons (Fsp3) is 0.583. The number of nitrogens with one attached hydrogen (secondary N) is 1. The minimum absolute atomic E-state index is 0. The number of amides is 1. The first kappa shape index (κ1) is 16.0. The second-order valence-corrected chi connectivity index (χ2v) is 4.16. The molecule has 0 unspecified atom stereocenters. The Morgan fingerprint density at radius 2 is 2.00 bits per heavy atom. The molecule has 0 aliphatic heterocycles. The summed E-state index contributed by atoms with van der Waals surface area (Å²) in [4.78, 5) is 11.7. The Kier molecular flexibility index (Phi) is 6.27. The molecular weight excluding hydrogens is 240 g/mol. The third-order valence-corrected chi connectivity index (χ3v) is 2.97. The fourth-order valence-corrected chi connectivity index (χ4v) is 1.40. The molecule has 0 saturated carbocycles. The van der Waals surface area contributed by atoms with Crippen LogP contribution in [0.15, 0.2) is 16.5 Å². The highest BCUT2D eigenvalue weighted by molar-refractivity contribution is 5.91. The SMILES string of the molecule is CCC(N)(CC)CNC(=O)c1ccc(C)o1.Cl. The summed E-state index contributed by atoms with van der Waals surface area (Å²) in [7, 11) is 0. The van der Waals surface area contributed by atoms with Gasteiger partial charge in [-0.2, -0.15) is 0 Å². The summed E-state index contributed by atoms with van der Waals surface area (Å²) in [5, 5.41) is 2.80. The summed E-state index contributed by atoms with van der Waals surface area (Å²) < 4.78 is 5.22. The summed E-state index contributed by atoms with van der Waals surface area (Å²) >= 11 is 0. The molecule has 0 saturated heterocycles. The van der Waals surface area contributed by atoms with Gasteiger partial charge in [0.25, 0.3) is 5.91 Å². The highest BCUT2D eigenvalue weighted by Gasteiger charge is 2.21. The van der Waals surface area contributed by atoms with E-state index in [-0.39, 0.29) is 23.9 Å². The first-order valence-electron chi connectivity index (χ1n) is 5.64. The van der Waals surface area contributed by atoms with Gasteiger partial charge in [-0.3, -0.25) is 4.79 Å². The van der Waals surface area contributed by atoms with E-state index in [9.17, 15) is 4.79 Å². The molecule has 1 heterocycles. The average molecular weight is 261 g/mol. The van der Waals surface area contributed by atoms with Gasteiger partial charge >= 0.3 is 0 Å². The van der Waals surface area contributed by atoms with Gasteiger partial charge in [-0.25, -0.2) is 0 Å². The maximum Gasteiger partial charge on any atom is 0.287 e. The summed E-state index contributed by atoms with van der Waals surface area (Å²) in [6.45, 7) is 6.32. The molecule has 0 aromatic carbocycles. The first-order chi connectivity index (χ1) is 7.50. The molecule has 0 spiro atoms. The Hall–Kier alpha value is -1.00. The van der Waals surface area contributed by atoms with Crippen LogP contribution in [0.25, 0.3) is 0 Å². The van der Waals surface area contributed by atoms with E-state index in [0.29, 0.717) is 12.3 Å². The number of furan rings is 1. The molecule has 17 heavy (non-hydrogen) atoms. The van der Waals surface area contributed by atoms with Crippen molar-refractivity contribution in [3.8, 4) is 0 Å². The molecule has 1 aromatic rings. The van der Waals surface area contributed by atoms with Crippen molar-refractivity contribution in [2.45, 2.75) is 39.2 Å². The predicted octanol–water partition coefficient (Wildman–Crippen LogP) is 2.26. The Balaban J connectivity index is 0.00000256. The van der Waals surface area contributed by atoms with Gasteiger partial charge in [0.05, 0.1) is 0 Å². The number of carbonyl (C=O) groups is 1. The van der Waals surface area contributed by atoms with Crippen LogP contribution in [0.3, 0.4) is 0 Å². The van der Waals surface area contributed by atoms with Crippen molar-refractivity contribution in [1.82, 2.24) is 5.32 Å². The largest absolute Gasteiger partial charge is 0.456 e. The van der Waals surface area contributed by atoms with Crippen molar-refractivity contribution >= 4 is 18.3 Å². The van der Waals surface area contributed by atoms with Crippen LogP contribution in [0.4, 0.5) is 0 Å². The Bertz CT molecular complexity index is 359. The first-order valence-corrected chi connectivity index (χ1v) is 5.64. The van der Waals surface area contributed by atoms with Crippen LogP contribution in [0.5, 0.6) is 0 Å². The topological polar surface area (TPSA) is 68.3 Å². The lowest BCUT2D eigenvalue weighted by Crippen LogP contribution is -2.49. The molecule has 1 aromatic heterocycles. The van der Waals surface area contributed by atoms with E-state index >= 15 is 0 Å². The third-order valence-electron chi connectivity index (χ3n) is 2.97.